The summed E-state index contributed by atoms with van der Waals surface area (Å²) in [6, 6.07) is 17.1. The number of ether oxygens (including phenoxy) is 1. The minimum Gasteiger partial charge on any atom is -0.486 e. The van der Waals surface area contributed by atoms with Crippen molar-refractivity contribution in [2.45, 2.75) is 24.9 Å². The van der Waals surface area contributed by atoms with E-state index in [9.17, 15) is 4.79 Å². The van der Waals surface area contributed by atoms with E-state index < -0.39 is 5.60 Å². The minimum atomic E-state index is -0.461. The van der Waals surface area contributed by atoms with Crippen LogP contribution in [0, 0.1) is 11.3 Å². The van der Waals surface area contributed by atoms with E-state index in [1.807, 2.05) is 36.4 Å². The molecule has 6 heteroatoms. The average Bonchev–Trinajstić information content (AvgIpc) is 2.80. The Labute approximate surface area is 174 Å². The molecule has 1 saturated heterocycles. The zero-order chi connectivity index (χ0) is 20.6. The molecule has 2 aromatic carbocycles. The van der Waals surface area contributed by atoms with Crippen molar-refractivity contribution in [3.63, 3.8) is 0 Å². The van der Waals surface area contributed by atoms with Crippen LogP contribution in [0.4, 0.5) is 5.95 Å². The molecule has 3 heterocycles. The molecule has 2 aliphatic heterocycles. The zero-order valence-corrected chi connectivity index (χ0v) is 16.4. The van der Waals surface area contributed by atoms with E-state index in [1.54, 1.807) is 24.5 Å². The lowest BCUT2D eigenvalue weighted by atomic mass is 9.82. The Morgan fingerprint density at radius 2 is 1.77 bits per heavy atom. The van der Waals surface area contributed by atoms with Crippen molar-refractivity contribution >= 4 is 11.7 Å². The van der Waals surface area contributed by atoms with Crippen molar-refractivity contribution in [2.75, 3.05) is 18.0 Å². The minimum absolute atomic E-state index is 0.110. The Hall–Kier alpha value is -3.72. The molecule has 0 radical (unpaired) electrons. The lowest BCUT2D eigenvalue weighted by molar-refractivity contribution is 0.0230. The van der Waals surface area contributed by atoms with E-state index in [-0.39, 0.29) is 5.78 Å². The van der Waals surface area contributed by atoms with Crippen LogP contribution in [0.25, 0.3) is 11.1 Å². The van der Waals surface area contributed by atoms with Crippen molar-refractivity contribution in [2.24, 2.45) is 0 Å². The number of Topliss-reactive ketones (excluding diaryl/α,β-unsaturated/α-hetero) is 1. The van der Waals surface area contributed by atoms with Crippen molar-refractivity contribution < 1.29 is 9.53 Å². The third kappa shape index (κ3) is 3.29. The van der Waals surface area contributed by atoms with E-state index in [0.717, 1.165) is 43.0 Å². The molecule has 3 aromatic rings. The van der Waals surface area contributed by atoms with Crippen LogP contribution in [-0.2, 0) is 0 Å². The number of carbonyl (C=O) groups excluding carboxylic acids is 1. The fourth-order valence-corrected chi connectivity index (χ4v) is 4.29. The molecule has 0 N–H and O–H groups in total. The first-order valence-corrected chi connectivity index (χ1v) is 10.0. The molecule has 148 valence electrons. The Bertz CT molecular complexity index is 1150. The molecule has 0 aliphatic carbocycles. The fourth-order valence-electron chi connectivity index (χ4n) is 4.29. The van der Waals surface area contributed by atoms with Crippen LogP contribution < -0.4 is 9.64 Å². The molecule has 5 rings (SSSR count). The standard InChI is InChI=1S/C24H20N4O2/c25-16-17-3-1-4-18(13-17)19-5-6-22-20(14-19)21(29)15-24(30-22)7-11-28(12-8-24)23-26-9-2-10-27-23/h1-6,9-10,13-14H,7-8,11-12,15H2. The number of fused-ring (bicyclic) bond motifs is 1. The van der Waals surface area contributed by atoms with Gasteiger partial charge in [-0.2, -0.15) is 5.26 Å². The number of piperidine rings is 1. The second kappa shape index (κ2) is 7.27. The van der Waals surface area contributed by atoms with Gasteiger partial charge in [0.2, 0.25) is 5.95 Å². The van der Waals surface area contributed by atoms with Crippen molar-refractivity contribution in [3.05, 3.63) is 72.1 Å². The maximum atomic E-state index is 13.0. The summed E-state index contributed by atoms with van der Waals surface area (Å²) in [5.41, 5.74) is 2.59. The summed E-state index contributed by atoms with van der Waals surface area (Å²) in [5, 5.41) is 9.14. The smallest absolute Gasteiger partial charge is 0.225 e. The molecule has 0 bridgehead atoms. The molecule has 6 nitrogen and oxygen atoms in total. The molecule has 2 aliphatic rings. The average molecular weight is 396 g/mol. The second-order valence-electron chi connectivity index (χ2n) is 7.82. The van der Waals surface area contributed by atoms with Gasteiger partial charge in [0, 0.05) is 38.3 Å². The first-order chi connectivity index (χ1) is 14.7. The summed E-state index contributed by atoms with van der Waals surface area (Å²) in [6.45, 7) is 1.51. The van der Waals surface area contributed by atoms with E-state index in [2.05, 4.69) is 20.9 Å². The van der Waals surface area contributed by atoms with Crippen molar-refractivity contribution in [3.8, 4) is 22.9 Å². The SMILES string of the molecule is N#Cc1cccc(-c2ccc3c(c2)C(=O)CC2(CCN(c4ncccn4)CC2)O3)c1. The van der Waals surface area contributed by atoms with Crippen LogP contribution in [0.2, 0.25) is 0 Å². The normalized spacial score (nSPS) is 17.2. The summed E-state index contributed by atoms with van der Waals surface area (Å²) >= 11 is 0. The van der Waals surface area contributed by atoms with Crippen molar-refractivity contribution in [1.29, 1.82) is 5.26 Å². The first kappa shape index (κ1) is 18.3. The molecule has 0 amide bonds. The van der Waals surface area contributed by atoms with Gasteiger partial charge in [-0.05, 0) is 41.5 Å². The number of hydrogen-bond donors (Lipinski definition) is 0. The molecule has 1 spiro atoms. The van der Waals surface area contributed by atoms with Gasteiger partial charge in [-0.3, -0.25) is 4.79 Å². The number of benzene rings is 2. The van der Waals surface area contributed by atoms with E-state index in [1.165, 1.54) is 0 Å². The third-order valence-corrected chi connectivity index (χ3v) is 5.92. The fraction of sp³-hybridized carbons (Fsp3) is 0.250. The molecular weight excluding hydrogens is 376 g/mol. The number of anilines is 1. The number of hydrogen-bond acceptors (Lipinski definition) is 6. The van der Waals surface area contributed by atoms with Gasteiger partial charge in [0.1, 0.15) is 11.4 Å². The summed E-state index contributed by atoms with van der Waals surface area (Å²) in [5.74, 6) is 1.48. The molecule has 0 saturated carbocycles. The van der Waals surface area contributed by atoms with E-state index in [4.69, 9.17) is 10.00 Å². The van der Waals surface area contributed by atoms with Gasteiger partial charge < -0.3 is 9.64 Å². The largest absolute Gasteiger partial charge is 0.486 e. The number of aromatic nitrogens is 2. The molecule has 1 fully saturated rings. The zero-order valence-electron chi connectivity index (χ0n) is 16.4. The summed E-state index contributed by atoms with van der Waals surface area (Å²) < 4.78 is 6.41. The number of carbonyl (C=O) groups is 1. The van der Waals surface area contributed by atoms with Gasteiger partial charge in [0.05, 0.1) is 23.6 Å². The number of nitriles is 1. The molecule has 0 unspecified atom stereocenters. The predicted octanol–water partition coefficient (Wildman–Crippen LogP) is 4.02. The Morgan fingerprint density at radius 1 is 1.00 bits per heavy atom. The van der Waals surface area contributed by atoms with Gasteiger partial charge in [-0.15, -0.1) is 0 Å². The predicted molar refractivity (Wildman–Crippen MR) is 112 cm³/mol. The molecule has 30 heavy (non-hydrogen) atoms. The lowest BCUT2D eigenvalue weighted by Crippen LogP contribution is -2.51. The maximum Gasteiger partial charge on any atom is 0.225 e. The first-order valence-electron chi connectivity index (χ1n) is 10.0. The maximum absolute atomic E-state index is 13.0. The highest BCUT2D eigenvalue weighted by Gasteiger charge is 2.43. The quantitative estimate of drug-likeness (QED) is 0.651. The summed E-state index contributed by atoms with van der Waals surface area (Å²) in [7, 11) is 0. The van der Waals surface area contributed by atoms with Gasteiger partial charge in [0.25, 0.3) is 0 Å². The van der Waals surface area contributed by atoms with Crippen LogP contribution in [-0.4, -0.2) is 34.4 Å². The van der Waals surface area contributed by atoms with Gasteiger partial charge in [-0.1, -0.05) is 18.2 Å². The highest BCUT2D eigenvalue weighted by Crippen LogP contribution is 2.41. The van der Waals surface area contributed by atoms with Crippen LogP contribution >= 0.6 is 0 Å². The van der Waals surface area contributed by atoms with Crippen LogP contribution in [0.1, 0.15) is 35.2 Å². The van der Waals surface area contributed by atoms with Gasteiger partial charge in [0.15, 0.2) is 5.78 Å². The molecule has 0 atom stereocenters. The van der Waals surface area contributed by atoms with Crippen LogP contribution in [0.15, 0.2) is 60.9 Å². The van der Waals surface area contributed by atoms with Crippen molar-refractivity contribution in [1.82, 2.24) is 9.97 Å². The Kier molecular flexibility index (Phi) is 4.44. The molecular formula is C24H20N4O2. The topological polar surface area (TPSA) is 79.1 Å². The highest BCUT2D eigenvalue weighted by atomic mass is 16.5. The highest BCUT2D eigenvalue weighted by molar-refractivity contribution is 6.01. The van der Waals surface area contributed by atoms with Gasteiger partial charge in [-0.25, -0.2) is 9.97 Å². The third-order valence-electron chi connectivity index (χ3n) is 5.92. The number of ketones is 1. The van der Waals surface area contributed by atoms with Crippen LogP contribution in [0.3, 0.4) is 0 Å². The monoisotopic (exact) mass is 396 g/mol. The number of rotatable bonds is 2. The molecule has 1 aromatic heterocycles. The van der Waals surface area contributed by atoms with E-state index >= 15 is 0 Å². The lowest BCUT2D eigenvalue weighted by Gasteiger charge is -2.44. The Balaban J connectivity index is 1.37. The Morgan fingerprint density at radius 3 is 2.53 bits per heavy atom. The summed E-state index contributed by atoms with van der Waals surface area (Å²) in [6.07, 6.45) is 5.37. The van der Waals surface area contributed by atoms with E-state index in [0.29, 0.717) is 23.3 Å². The summed E-state index contributed by atoms with van der Waals surface area (Å²) in [4.78, 5) is 23.8. The van der Waals surface area contributed by atoms with Gasteiger partial charge >= 0.3 is 0 Å². The number of nitrogens with zero attached hydrogens (tertiary/aromatic N) is 4. The van der Waals surface area contributed by atoms with Crippen LogP contribution in [0.5, 0.6) is 5.75 Å². The second-order valence-corrected chi connectivity index (χ2v) is 7.82.